The highest BCUT2D eigenvalue weighted by Crippen LogP contribution is 2.15. The van der Waals surface area contributed by atoms with Crippen LogP contribution in [0.4, 0.5) is 5.69 Å². The Morgan fingerprint density at radius 3 is 3.06 bits per heavy atom. The van der Waals surface area contributed by atoms with Crippen molar-refractivity contribution in [1.29, 1.82) is 0 Å². The highest BCUT2D eigenvalue weighted by atomic mass is 16.6. The van der Waals surface area contributed by atoms with Crippen molar-refractivity contribution < 1.29 is 4.92 Å². The first-order valence-electron chi connectivity index (χ1n) is 5.92. The molecule has 0 aliphatic carbocycles. The normalized spacial score (nSPS) is 17.6. The molecule has 5 heteroatoms. The Labute approximate surface area is 101 Å². The molecule has 0 spiro atoms. The van der Waals surface area contributed by atoms with Gasteiger partial charge in [0.25, 0.3) is 5.69 Å². The maximum atomic E-state index is 10.7. The summed E-state index contributed by atoms with van der Waals surface area (Å²) in [5, 5.41) is 14.0. The van der Waals surface area contributed by atoms with Crippen molar-refractivity contribution in [3.05, 3.63) is 39.9 Å². The lowest BCUT2D eigenvalue weighted by Gasteiger charge is -2.19. The van der Waals surface area contributed by atoms with Crippen LogP contribution in [0.2, 0.25) is 0 Å². The van der Waals surface area contributed by atoms with E-state index in [4.69, 9.17) is 0 Å². The summed E-state index contributed by atoms with van der Waals surface area (Å²) in [6.07, 6.45) is 1.13. The fraction of sp³-hybridized carbons (Fsp3) is 0.500. The van der Waals surface area contributed by atoms with Crippen molar-refractivity contribution in [2.24, 2.45) is 0 Å². The van der Waals surface area contributed by atoms with Gasteiger partial charge in [0.05, 0.1) is 4.92 Å². The number of hydrogen-bond acceptors (Lipinski definition) is 4. The lowest BCUT2D eigenvalue weighted by molar-refractivity contribution is -0.384. The van der Waals surface area contributed by atoms with E-state index in [0.29, 0.717) is 0 Å². The van der Waals surface area contributed by atoms with Gasteiger partial charge in [0.1, 0.15) is 0 Å². The molecule has 92 valence electrons. The fourth-order valence-corrected chi connectivity index (χ4v) is 2.09. The molecule has 0 unspecified atom stereocenters. The van der Waals surface area contributed by atoms with E-state index in [0.717, 1.165) is 44.7 Å². The predicted molar refractivity (Wildman–Crippen MR) is 65.9 cm³/mol. The Morgan fingerprint density at radius 1 is 1.35 bits per heavy atom. The molecule has 1 aromatic rings. The second-order valence-corrected chi connectivity index (χ2v) is 4.31. The van der Waals surface area contributed by atoms with E-state index in [1.165, 1.54) is 6.07 Å². The second kappa shape index (κ2) is 5.75. The minimum Gasteiger partial charge on any atom is -0.315 e. The van der Waals surface area contributed by atoms with Gasteiger partial charge in [-0.3, -0.25) is 15.0 Å². The molecule has 1 aliphatic heterocycles. The zero-order valence-corrected chi connectivity index (χ0v) is 9.76. The van der Waals surface area contributed by atoms with Crippen LogP contribution in [-0.2, 0) is 6.54 Å². The summed E-state index contributed by atoms with van der Waals surface area (Å²) in [4.78, 5) is 12.7. The van der Waals surface area contributed by atoms with Gasteiger partial charge in [-0.05, 0) is 25.1 Å². The highest BCUT2D eigenvalue weighted by Gasteiger charge is 2.11. The lowest BCUT2D eigenvalue weighted by atomic mass is 10.2. The Hall–Kier alpha value is -1.46. The first-order valence-corrected chi connectivity index (χ1v) is 5.92. The van der Waals surface area contributed by atoms with Crippen LogP contribution in [0.5, 0.6) is 0 Å². The number of nitrogens with one attached hydrogen (secondary N) is 1. The van der Waals surface area contributed by atoms with Gasteiger partial charge in [0.2, 0.25) is 0 Å². The number of nitrogens with zero attached hydrogens (tertiary/aromatic N) is 2. The Kier molecular flexibility index (Phi) is 4.06. The second-order valence-electron chi connectivity index (χ2n) is 4.31. The van der Waals surface area contributed by atoms with Crippen molar-refractivity contribution in [2.45, 2.75) is 13.0 Å². The lowest BCUT2D eigenvalue weighted by Crippen LogP contribution is -2.27. The first-order chi connectivity index (χ1) is 8.25. The van der Waals surface area contributed by atoms with Crippen LogP contribution in [0, 0.1) is 10.1 Å². The summed E-state index contributed by atoms with van der Waals surface area (Å²) in [6, 6.07) is 6.90. The van der Waals surface area contributed by atoms with E-state index in [1.807, 2.05) is 6.07 Å². The first kappa shape index (κ1) is 12.0. The molecule has 0 aromatic heterocycles. The van der Waals surface area contributed by atoms with Gasteiger partial charge < -0.3 is 5.32 Å². The van der Waals surface area contributed by atoms with E-state index in [9.17, 15) is 10.1 Å². The zero-order chi connectivity index (χ0) is 12.1. The molecule has 5 nitrogen and oxygen atoms in total. The quantitative estimate of drug-likeness (QED) is 0.635. The van der Waals surface area contributed by atoms with Crippen molar-refractivity contribution in [1.82, 2.24) is 10.2 Å². The SMILES string of the molecule is O=[N+]([O-])c1cccc(CN2CCCNCC2)c1. The van der Waals surface area contributed by atoms with E-state index < -0.39 is 0 Å². The van der Waals surface area contributed by atoms with Crippen LogP contribution >= 0.6 is 0 Å². The van der Waals surface area contributed by atoms with Gasteiger partial charge in [-0.1, -0.05) is 12.1 Å². The van der Waals surface area contributed by atoms with Crippen LogP contribution in [0.1, 0.15) is 12.0 Å². The fourth-order valence-electron chi connectivity index (χ4n) is 2.09. The van der Waals surface area contributed by atoms with Crippen LogP contribution in [0.15, 0.2) is 24.3 Å². The molecule has 0 saturated carbocycles. The van der Waals surface area contributed by atoms with E-state index in [2.05, 4.69) is 10.2 Å². The Balaban J connectivity index is 2.01. The molecule has 0 radical (unpaired) electrons. The van der Waals surface area contributed by atoms with Crippen molar-refractivity contribution in [3.8, 4) is 0 Å². The molecule has 1 aliphatic rings. The van der Waals surface area contributed by atoms with Gasteiger partial charge >= 0.3 is 0 Å². The standard InChI is InChI=1S/C12H17N3O2/c16-15(17)12-4-1-3-11(9-12)10-14-7-2-5-13-6-8-14/h1,3-4,9,13H,2,5-8,10H2. The minimum atomic E-state index is -0.340. The maximum Gasteiger partial charge on any atom is 0.269 e. The summed E-state index contributed by atoms with van der Waals surface area (Å²) in [5.41, 5.74) is 1.19. The van der Waals surface area contributed by atoms with Gasteiger partial charge in [-0.25, -0.2) is 0 Å². The molecule has 0 bridgehead atoms. The number of nitro groups is 1. The van der Waals surface area contributed by atoms with Gasteiger partial charge in [-0.15, -0.1) is 0 Å². The zero-order valence-electron chi connectivity index (χ0n) is 9.76. The third-order valence-electron chi connectivity index (χ3n) is 2.96. The molecule has 17 heavy (non-hydrogen) atoms. The monoisotopic (exact) mass is 235 g/mol. The van der Waals surface area contributed by atoms with Gasteiger partial charge in [-0.2, -0.15) is 0 Å². The summed E-state index contributed by atoms with van der Waals surface area (Å²) < 4.78 is 0. The third-order valence-corrected chi connectivity index (χ3v) is 2.96. The van der Waals surface area contributed by atoms with E-state index >= 15 is 0 Å². The number of hydrogen-bond donors (Lipinski definition) is 1. The van der Waals surface area contributed by atoms with Crippen molar-refractivity contribution in [3.63, 3.8) is 0 Å². The molecule has 2 rings (SSSR count). The maximum absolute atomic E-state index is 10.7. The summed E-state index contributed by atoms with van der Waals surface area (Å²) >= 11 is 0. The summed E-state index contributed by atoms with van der Waals surface area (Å²) in [6.45, 7) is 4.90. The largest absolute Gasteiger partial charge is 0.315 e. The van der Waals surface area contributed by atoms with Crippen molar-refractivity contribution >= 4 is 5.69 Å². The molecule has 0 amide bonds. The van der Waals surface area contributed by atoms with Crippen LogP contribution in [-0.4, -0.2) is 36.0 Å². The minimum absolute atomic E-state index is 0.176. The number of rotatable bonds is 3. The average Bonchev–Trinajstić information content (AvgIpc) is 2.58. The molecule has 1 fully saturated rings. The molecule has 1 saturated heterocycles. The molecule has 1 heterocycles. The number of benzene rings is 1. The molecule has 1 aromatic carbocycles. The highest BCUT2D eigenvalue weighted by molar-refractivity contribution is 5.34. The number of nitro benzene ring substituents is 1. The topological polar surface area (TPSA) is 58.4 Å². The number of non-ortho nitro benzene ring substituents is 1. The third kappa shape index (κ3) is 3.51. The van der Waals surface area contributed by atoms with Crippen LogP contribution in [0.3, 0.4) is 0 Å². The summed E-state index contributed by atoms with van der Waals surface area (Å²) in [5.74, 6) is 0. The average molecular weight is 235 g/mol. The molecule has 0 atom stereocenters. The van der Waals surface area contributed by atoms with E-state index in [-0.39, 0.29) is 10.6 Å². The predicted octanol–water partition coefficient (Wildman–Crippen LogP) is 1.39. The van der Waals surface area contributed by atoms with Gasteiger partial charge in [0, 0.05) is 31.8 Å². The smallest absolute Gasteiger partial charge is 0.269 e. The van der Waals surface area contributed by atoms with Gasteiger partial charge in [0.15, 0.2) is 0 Å². The molecule has 1 N–H and O–H groups in total. The van der Waals surface area contributed by atoms with Crippen molar-refractivity contribution in [2.75, 3.05) is 26.2 Å². The Bertz CT molecular complexity index is 387. The summed E-state index contributed by atoms with van der Waals surface area (Å²) in [7, 11) is 0. The molecular formula is C12H17N3O2. The Morgan fingerprint density at radius 2 is 2.24 bits per heavy atom. The molecular weight excluding hydrogens is 218 g/mol. The van der Waals surface area contributed by atoms with E-state index in [1.54, 1.807) is 12.1 Å². The van der Waals surface area contributed by atoms with Crippen LogP contribution in [0.25, 0.3) is 0 Å². The van der Waals surface area contributed by atoms with Crippen LogP contribution < -0.4 is 5.32 Å².